The molecule has 3 nitrogen and oxygen atoms in total. The molecule has 1 fully saturated rings. The summed E-state index contributed by atoms with van der Waals surface area (Å²) in [5.41, 5.74) is 0. The number of ether oxygens (including phenoxy) is 1. The van der Waals surface area contributed by atoms with Crippen LogP contribution in [0, 0.1) is 11.8 Å². The van der Waals surface area contributed by atoms with Crippen molar-refractivity contribution in [1.29, 1.82) is 0 Å². The van der Waals surface area contributed by atoms with Gasteiger partial charge in [-0.25, -0.2) is 4.79 Å². The fraction of sp³-hybridized carbons (Fsp3) is 0.500. The Morgan fingerprint density at radius 2 is 1.65 bits per heavy atom. The maximum Gasteiger partial charge on any atom is 0.415 e. The number of rotatable bonds is 1. The van der Waals surface area contributed by atoms with Crippen LogP contribution in [0.5, 0.6) is 5.75 Å². The topological polar surface area (TPSA) is 29.5 Å². The Kier molecular flexibility index (Phi) is 5.05. The van der Waals surface area contributed by atoms with Crippen LogP contribution in [0.15, 0.2) is 12.1 Å². The Balaban J connectivity index is 2.10. The predicted molar refractivity (Wildman–Crippen MR) is 82.0 cm³/mol. The van der Waals surface area contributed by atoms with E-state index >= 15 is 0 Å². The van der Waals surface area contributed by atoms with Gasteiger partial charge >= 0.3 is 6.09 Å². The molecule has 0 spiro atoms. The normalized spacial score (nSPS) is 22.8. The van der Waals surface area contributed by atoms with E-state index < -0.39 is 6.09 Å². The van der Waals surface area contributed by atoms with Gasteiger partial charge in [-0.05, 0) is 24.3 Å². The van der Waals surface area contributed by atoms with Gasteiger partial charge < -0.3 is 9.64 Å². The Labute approximate surface area is 133 Å². The molecule has 0 saturated carbocycles. The maximum absolute atomic E-state index is 12.2. The van der Waals surface area contributed by atoms with Gasteiger partial charge in [0.15, 0.2) is 5.75 Å². The van der Waals surface area contributed by atoms with E-state index in [4.69, 9.17) is 39.5 Å². The van der Waals surface area contributed by atoms with Gasteiger partial charge in [0, 0.05) is 19.2 Å². The van der Waals surface area contributed by atoms with E-state index in [2.05, 4.69) is 13.8 Å². The minimum Gasteiger partial charge on any atom is -0.409 e. The molecule has 1 saturated heterocycles. The third-order valence-corrected chi connectivity index (χ3v) is 4.32. The molecule has 110 valence electrons. The summed E-state index contributed by atoms with van der Waals surface area (Å²) >= 11 is 17.8. The number of amides is 1. The van der Waals surface area contributed by atoms with E-state index in [0.29, 0.717) is 35.0 Å². The van der Waals surface area contributed by atoms with E-state index in [1.54, 1.807) is 4.90 Å². The zero-order valence-corrected chi connectivity index (χ0v) is 13.6. The van der Waals surface area contributed by atoms with Crippen LogP contribution < -0.4 is 4.74 Å². The minimum absolute atomic E-state index is 0.233. The van der Waals surface area contributed by atoms with Crippen LogP contribution in [0.1, 0.15) is 20.3 Å². The third kappa shape index (κ3) is 3.72. The Hall–Kier alpha value is -0.640. The van der Waals surface area contributed by atoms with Crippen molar-refractivity contribution in [2.45, 2.75) is 20.3 Å². The van der Waals surface area contributed by atoms with Crippen molar-refractivity contribution in [3.05, 3.63) is 27.2 Å². The molecule has 0 N–H and O–H groups in total. The fourth-order valence-corrected chi connectivity index (χ4v) is 3.13. The highest BCUT2D eigenvalue weighted by Gasteiger charge is 2.27. The van der Waals surface area contributed by atoms with Crippen LogP contribution in [0.3, 0.4) is 0 Å². The van der Waals surface area contributed by atoms with Crippen molar-refractivity contribution < 1.29 is 9.53 Å². The first kappa shape index (κ1) is 15.7. The molecule has 1 aliphatic heterocycles. The lowest BCUT2D eigenvalue weighted by molar-refractivity contribution is 0.112. The van der Waals surface area contributed by atoms with E-state index in [1.165, 1.54) is 12.1 Å². The van der Waals surface area contributed by atoms with E-state index in [-0.39, 0.29) is 10.8 Å². The number of piperidine rings is 1. The van der Waals surface area contributed by atoms with Crippen molar-refractivity contribution in [1.82, 2.24) is 4.90 Å². The summed E-state index contributed by atoms with van der Waals surface area (Å²) in [6.07, 6.45) is 0.723. The second kappa shape index (κ2) is 6.42. The van der Waals surface area contributed by atoms with Gasteiger partial charge in [-0.1, -0.05) is 48.7 Å². The Bertz CT molecular complexity index is 511. The molecule has 1 amide bonds. The summed E-state index contributed by atoms with van der Waals surface area (Å²) in [5.74, 6) is 1.17. The van der Waals surface area contributed by atoms with Crippen LogP contribution in [0.2, 0.25) is 15.1 Å². The number of carbonyl (C=O) groups is 1. The fourth-order valence-electron chi connectivity index (χ4n) is 2.55. The molecule has 1 heterocycles. The lowest BCUT2D eigenvalue weighted by Crippen LogP contribution is -2.44. The molecule has 6 heteroatoms. The summed E-state index contributed by atoms with van der Waals surface area (Å²) in [5, 5.41) is 0.904. The largest absolute Gasteiger partial charge is 0.415 e. The first-order chi connectivity index (χ1) is 9.36. The first-order valence-electron chi connectivity index (χ1n) is 6.48. The van der Waals surface area contributed by atoms with Crippen molar-refractivity contribution in [2.75, 3.05) is 13.1 Å². The Morgan fingerprint density at radius 1 is 1.10 bits per heavy atom. The lowest BCUT2D eigenvalue weighted by Gasteiger charge is -2.34. The summed E-state index contributed by atoms with van der Waals surface area (Å²) in [7, 11) is 0. The minimum atomic E-state index is -0.399. The number of benzene rings is 1. The van der Waals surface area contributed by atoms with Gasteiger partial charge in [-0.15, -0.1) is 0 Å². The van der Waals surface area contributed by atoms with Gasteiger partial charge in [-0.3, -0.25) is 0 Å². The number of hydrogen-bond donors (Lipinski definition) is 0. The van der Waals surface area contributed by atoms with Crippen LogP contribution in [-0.4, -0.2) is 24.1 Å². The van der Waals surface area contributed by atoms with Gasteiger partial charge in [0.2, 0.25) is 0 Å². The van der Waals surface area contributed by atoms with Crippen molar-refractivity contribution in [3.63, 3.8) is 0 Å². The molecule has 0 radical (unpaired) electrons. The van der Waals surface area contributed by atoms with Crippen LogP contribution >= 0.6 is 34.8 Å². The monoisotopic (exact) mass is 335 g/mol. The molecule has 0 aromatic heterocycles. The predicted octanol–water partition coefficient (Wildman–Crippen LogP) is 5.12. The number of halogens is 3. The highest BCUT2D eigenvalue weighted by atomic mass is 35.5. The Morgan fingerprint density at radius 3 is 2.25 bits per heavy atom. The molecular formula is C14H16Cl3NO2. The zero-order chi connectivity index (χ0) is 14.9. The molecular weight excluding hydrogens is 321 g/mol. The number of carbonyl (C=O) groups excluding carboxylic acids is 1. The molecule has 2 atom stereocenters. The highest BCUT2D eigenvalue weighted by molar-refractivity contribution is 6.43. The molecule has 0 aliphatic carbocycles. The van der Waals surface area contributed by atoms with E-state index in [9.17, 15) is 4.79 Å². The third-order valence-electron chi connectivity index (χ3n) is 3.30. The zero-order valence-electron chi connectivity index (χ0n) is 11.3. The van der Waals surface area contributed by atoms with Gasteiger partial charge in [0.05, 0.1) is 15.1 Å². The first-order valence-corrected chi connectivity index (χ1v) is 7.61. The van der Waals surface area contributed by atoms with E-state index in [1.807, 2.05) is 0 Å². The van der Waals surface area contributed by atoms with E-state index in [0.717, 1.165) is 6.42 Å². The molecule has 2 unspecified atom stereocenters. The van der Waals surface area contributed by atoms with Crippen molar-refractivity contribution >= 4 is 40.9 Å². The van der Waals surface area contributed by atoms with Crippen molar-refractivity contribution in [2.24, 2.45) is 11.8 Å². The summed E-state index contributed by atoms with van der Waals surface area (Å²) in [6.45, 7) is 5.65. The smallest absolute Gasteiger partial charge is 0.409 e. The summed E-state index contributed by atoms with van der Waals surface area (Å²) < 4.78 is 5.33. The summed E-state index contributed by atoms with van der Waals surface area (Å²) in [6, 6.07) is 2.93. The quantitative estimate of drug-likeness (QED) is 0.666. The molecule has 1 aromatic rings. The highest BCUT2D eigenvalue weighted by Crippen LogP contribution is 2.34. The van der Waals surface area contributed by atoms with Crippen LogP contribution in [0.4, 0.5) is 4.79 Å². The average molecular weight is 337 g/mol. The lowest BCUT2D eigenvalue weighted by atomic mass is 9.92. The van der Waals surface area contributed by atoms with Crippen LogP contribution in [0.25, 0.3) is 0 Å². The molecule has 2 rings (SSSR count). The van der Waals surface area contributed by atoms with Gasteiger partial charge in [0.25, 0.3) is 0 Å². The maximum atomic E-state index is 12.2. The molecule has 0 bridgehead atoms. The molecule has 20 heavy (non-hydrogen) atoms. The van der Waals surface area contributed by atoms with Gasteiger partial charge in [0.1, 0.15) is 0 Å². The SMILES string of the molecule is CC1CC(C)CN(C(=O)Oc2cc(Cl)c(Cl)cc2Cl)C1. The second-order valence-electron chi connectivity index (χ2n) is 5.42. The number of likely N-dealkylation sites (tertiary alicyclic amines) is 1. The molecule has 1 aliphatic rings. The van der Waals surface area contributed by atoms with Gasteiger partial charge in [-0.2, -0.15) is 0 Å². The number of hydrogen-bond acceptors (Lipinski definition) is 2. The number of nitrogens with zero attached hydrogens (tertiary/aromatic N) is 1. The molecule has 1 aromatic carbocycles. The average Bonchev–Trinajstić information content (AvgIpc) is 2.34. The van der Waals surface area contributed by atoms with Crippen LogP contribution in [-0.2, 0) is 0 Å². The summed E-state index contributed by atoms with van der Waals surface area (Å²) in [4.78, 5) is 13.9. The van der Waals surface area contributed by atoms with Crippen molar-refractivity contribution in [3.8, 4) is 5.75 Å². The second-order valence-corrected chi connectivity index (χ2v) is 6.64. The standard InChI is InChI=1S/C14H16Cl3NO2/c1-8-3-9(2)7-18(6-8)14(19)20-13-5-11(16)10(15)4-12(13)17/h4-5,8-9H,3,6-7H2,1-2H3.